The molecule has 1 N–H and O–H groups in total. The molecule has 47 heavy (non-hydrogen) atoms. The smallest absolute Gasteiger partial charge is 0.264 e. The van der Waals surface area contributed by atoms with Gasteiger partial charge in [0.05, 0.1) is 10.6 Å². The van der Waals surface area contributed by atoms with Crippen molar-refractivity contribution in [1.29, 1.82) is 0 Å². The normalized spacial score (nSPS) is 14.3. The van der Waals surface area contributed by atoms with Crippen molar-refractivity contribution in [2.45, 2.75) is 75.9 Å². The maximum atomic E-state index is 15.2. The minimum Gasteiger partial charge on any atom is -0.352 e. The van der Waals surface area contributed by atoms with Gasteiger partial charge in [0.1, 0.15) is 18.4 Å². The summed E-state index contributed by atoms with van der Waals surface area (Å²) in [5, 5.41) is 3.17. The Kier molecular flexibility index (Phi) is 11.1. The van der Waals surface area contributed by atoms with Gasteiger partial charge in [-0.1, -0.05) is 92.1 Å². The highest BCUT2D eigenvalue weighted by Gasteiger charge is 2.35. The van der Waals surface area contributed by atoms with Gasteiger partial charge in [-0.3, -0.25) is 13.9 Å². The van der Waals surface area contributed by atoms with E-state index in [9.17, 15) is 18.0 Å². The van der Waals surface area contributed by atoms with Crippen LogP contribution in [0.5, 0.6) is 0 Å². The fourth-order valence-electron chi connectivity index (χ4n) is 6.04. The third kappa shape index (κ3) is 8.46. The van der Waals surface area contributed by atoms with Gasteiger partial charge in [-0.2, -0.15) is 0 Å². The van der Waals surface area contributed by atoms with Crippen LogP contribution in [-0.2, 0) is 32.6 Å². The number of amides is 2. The van der Waals surface area contributed by atoms with Crippen LogP contribution in [0.1, 0.15) is 54.4 Å². The van der Waals surface area contributed by atoms with Crippen molar-refractivity contribution >= 4 is 27.5 Å². The van der Waals surface area contributed by atoms with E-state index in [1.165, 1.54) is 23.1 Å². The van der Waals surface area contributed by atoms with Gasteiger partial charge < -0.3 is 10.2 Å². The van der Waals surface area contributed by atoms with E-state index in [1.807, 2.05) is 50.2 Å². The van der Waals surface area contributed by atoms with Crippen LogP contribution in [0.4, 0.5) is 10.1 Å². The number of benzene rings is 4. The van der Waals surface area contributed by atoms with Gasteiger partial charge >= 0.3 is 0 Å². The molecule has 246 valence electrons. The van der Waals surface area contributed by atoms with Crippen molar-refractivity contribution in [2.24, 2.45) is 0 Å². The standard InChI is InChI=1S/C38H42FN3O4S/c1-28-22-23-33(24-29(28)2)42(47(45,46)34-19-10-5-11-20-34)27-37(43)41(26-31-16-12-13-21-35(31)39)36(25-30-14-6-3-7-15-30)38(44)40-32-17-8-4-9-18-32/h3,5-7,10-16,19-24,32,36H,4,8-9,17-18,25-27H2,1-2H3,(H,40,44). The van der Waals surface area contributed by atoms with Gasteiger partial charge in [0.15, 0.2) is 0 Å². The van der Waals surface area contributed by atoms with Gasteiger partial charge in [-0.05, 0) is 73.7 Å². The number of rotatable bonds is 12. The second-order valence-corrected chi connectivity index (χ2v) is 14.1. The molecule has 1 unspecified atom stereocenters. The van der Waals surface area contributed by atoms with Gasteiger partial charge in [0, 0.05) is 24.6 Å². The molecule has 1 atom stereocenters. The molecule has 2 amide bonds. The Balaban J connectivity index is 1.58. The average molecular weight is 656 g/mol. The zero-order valence-electron chi connectivity index (χ0n) is 26.9. The minimum absolute atomic E-state index is 0.0228. The Bertz CT molecular complexity index is 1780. The summed E-state index contributed by atoms with van der Waals surface area (Å²) in [7, 11) is -4.21. The molecule has 0 aromatic heterocycles. The number of halogens is 1. The topological polar surface area (TPSA) is 86.8 Å². The van der Waals surface area contributed by atoms with E-state index in [-0.39, 0.29) is 35.4 Å². The van der Waals surface area contributed by atoms with E-state index in [2.05, 4.69) is 5.32 Å². The number of hydrogen-bond donors (Lipinski definition) is 1. The molecular weight excluding hydrogens is 614 g/mol. The molecule has 0 spiro atoms. The lowest BCUT2D eigenvalue weighted by atomic mass is 9.94. The Morgan fingerprint density at radius 2 is 1.47 bits per heavy atom. The zero-order chi connectivity index (χ0) is 33.4. The van der Waals surface area contributed by atoms with Crippen molar-refractivity contribution in [3.8, 4) is 0 Å². The quantitative estimate of drug-likeness (QED) is 0.184. The molecule has 4 aromatic carbocycles. The maximum Gasteiger partial charge on any atom is 0.264 e. The number of anilines is 1. The lowest BCUT2D eigenvalue weighted by Gasteiger charge is -2.35. The van der Waals surface area contributed by atoms with E-state index in [0.29, 0.717) is 5.69 Å². The van der Waals surface area contributed by atoms with E-state index in [4.69, 9.17) is 0 Å². The molecule has 1 aliphatic rings. The highest BCUT2D eigenvalue weighted by molar-refractivity contribution is 7.92. The molecule has 0 heterocycles. The highest BCUT2D eigenvalue weighted by atomic mass is 32.2. The molecule has 0 radical (unpaired) electrons. The van der Waals surface area contributed by atoms with Crippen molar-refractivity contribution in [3.63, 3.8) is 0 Å². The second kappa shape index (κ2) is 15.4. The van der Waals surface area contributed by atoms with Gasteiger partial charge in [0.25, 0.3) is 10.0 Å². The number of hydrogen-bond acceptors (Lipinski definition) is 4. The molecule has 1 aliphatic carbocycles. The summed E-state index contributed by atoms with van der Waals surface area (Å²) in [6.45, 7) is 3.00. The number of nitrogens with one attached hydrogen (secondary N) is 1. The Hall–Kier alpha value is -4.50. The monoisotopic (exact) mass is 655 g/mol. The summed E-state index contributed by atoms with van der Waals surface area (Å²) in [4.78, 5) is 30.2. The molecule has 7 nitrogen and oxygen atoms in total. The second-order valence-electron chi connectivity index (χ2n) is 12.3. The first-order valence-corrected chi connectivity index (χ1v) is 17.6. The molecule has 0 aliphatic heterocycles. The molecule has 0 bridgehead atoms. The van der Waals surface area contributed by atoms with Gasteiger partial charge in [0.2, 0.25) is 11.8 Å². The third-order valence-electron chi connectivity index (χ3n) is 8.91. The van der Waals surface area contributed by atoms with Crippen LogP contribution in [-0.4, -0.2) is 43.8 Å². The molecule has 5 rings (SSSR count). The summed E-state index contributed by atoms with van der Waals surface area (Å²) < 4.78 is 44.6. The molecule has 4 aromatic rings. The number of carbonyl (C=O) groups is 2. The van der Waals surface area contributed by atoms with Crippen LogP contribution in [0.15, 0.2) is 108 Å². The van der Waals surface area contributed by atoms with Crippen LogP contribution in [0, 0.1) is 19.7 Å². The fraction of sp³-hybridized carbons (Fsp3) is 0.316. The maximum absolute atomic E-state index is 15.2. The summed E-state index contributed by atoms with van der Waals surface area (Å²) >= 11 is 0. The molecule has 0 saturated heterocycles. The van der Waals surface area contributed by atoms with Crippen molar-refractivity contribution in [1.82, 2.24) is 10.2 Å². The highest BCUT2D eigenvalue weighted by Crippen LogP contribution is 2.27. The Morgan fingerprint density at radius 3 is 2.13 bits per heavy atom. The van der Waals surface area contributed by atoms with Gasteiger partial charge in [-0.15, -0.1) is 0 Å². The zero-order valence-corrected chi connectivity index (χ0v) is 27.8. The van der Waals surface area contributed by atoms with Crippen LogP contribution < -0.4 is 9.62 Å². The molecule has 1 saturated carbocycles. The number of carbonyl (C=O) groups excluding carboxylic acids is 2. The van der Waals surface area contributed by atoms with Crippen LogP contribution in [0.2, 0.25) is 0 Å². The van der Waals surface area contributed by atoms with Crippen LogP contribution in [0.25, 0.3) is 0 Å². The van der Waals surface area contributed by atoms with Crippen LogP contribution in [0.3, 0.4) is 0 Å². The lowest BCUT2D eigenvalue weighted by Crippen LogP contribution is -2.55. The van der Waals surface area contributed by atoms with E-state index >= 15 is 4.39 Å². The first-order valence-electron chi connectivity index (χ1n) is 16.2. The predicted molar refractivity (Wildman–Crippen MR) is 183 cm³/mol. The molecule has 1 fully saturated rings. The Morgan fingerprint density at radius 1 is 0.830 bits per heavy atom. The summed E-state index contributed by atoms with van der Waals surface area (Å²) in [6.07, 6.45) is 5.00. The predicted octanol–water partition coefficient (Wildman–Crippen LogP) is 6.73. The first kappa shape index (κ1) is 33.9. The minimum atomic E-state index is -4.21. The molecule has 9 heteroatoms. The summed E-state index contributed by atoms with van der Waals surface area (Å²) in [6, 6.07) is 27.6. The van der Waals surface area contributed by atoms with E-state index < -0.39 is 34.3 Å². The number of aryl methyl sites for hydroxylation is 2. The molecular formula is C38H42FN3O4S. The van der Waals surface area contributed by atoms with E-state index in [1.54, 1.807) is 48.5 Å². The number of nitrogens with zero attached hydrogens (tertiary/aromatic N) is 2. The SMILES string of the molecule is Cc1ccc(N(CC(=O)N(Cc2ccccc2F)C(Cc2ccccc2)C(=O)NC2CCCCC2)S(=O)(=O)c2ccccc2)cc1C. The lowest BCUT2D eigenvalue weighted by molar-refractivity contribution is -0.140. The van der Waals surface area contributed by atoms with Crippen molar-refractivity contribution < 1.29 is 22.4 Å². The number of sulfonamides is 1. The third-order valence-corrected chi connectivity index (χ3v) is 10.7. The summed E-state index contributed by atoms with van der Waals surface area (Å²) in [5.41, 5.74) is 3.21. The van der Waals surface area contributed by atoms with E-state index in [0.717, 1.165) is 53.1 Å². The van der Waals surface area contributed by atoms with Crippen molar-refractivity contribution in [3.05, 3.63) is 131 Å². The Labute approximate surface area is 277 Å². The van der Waals surface area contributed by atoms with Gasteiger partial charge in [-0.25, -0.2) is 12.8 Å². The van der Waals surface area contributed by atoms with Crippen LogP contribution >= 0.6 is 0 Å². The average Bonchev–Trinajstić information content (AvgIpc) is 3.08. The largest absolute Gasteiger partial charge is 0.352 e. The first-order chi connectivity index (χ1) is 22.6. The summed E-state index contributed by atoms with van der Waals surface area (Å²) in [5.74, 6) is -1.47. The van der Waals surface area contributed by atoms with Crippen molar-refractivity contribution in [2.75, 3.05) is 10.8 Å². The fourth-order valence-corrected chi connectivity index (χ4v) is 7.46.